The maximum absolute atomic E-state index is 4.97. The lowest BCUT2D eigenvalue weighted by Crippen LogP contribution is -2.19. The fraction of sp³-hybridized carbons (Fsp3) is 0.846. The minimum absolute atomic E-state index is 0.810. The molecule has 1 aliphatic carbocycles. The average molecular weight is 211 g/mol. The Morgan fingerprint density at radius 1 is 1.40 bits per heavy atom. The van der Waals surface area contributed by atoms with E-state index in [0.717, 1.165) is 32.0 Å². The number of hydrogen-bond donors (Lipinski definition) is 1. The third kappa shape index (κ3) is 5.95. The van der Waals surface area contributed by atoms with E-state index < -0.39 is 0 Å². The topological polar surface area (TPSA) is 21.3 Å². The third-order valence-electron chi connectivity index (χ3n) is 3.13. The predicted molar refractivity (Wildman–Crippen MR) is 65.1 cm³/mol. The van der Waals surface area contributed by atoms with Crippen molar-refractivity contribution >= 4 is 0 Å². The number of ether oxygens (including phenoxy) is 1. The molecule has 15 heavy (non-hydrogen) atoms. The lowest BCUT2D eigenvalue weighted by molar-refractivity contribution is 0.199. The molecule has 0 atom stereocenters. The lowest BCUT2D eigenvalue weighted by atomic mass is 9.81. The zero-order valence-electron chi connectivity index (χ0n) is 10.2. The fourth-order valence-electron chi connectivity index (χ4n) is 1.96. The second kappa shape index (κ2) is 7.89. The average Bonchev–Trinajstić information content (AvgIpc) is 2.17. The number of rotatable bonds is 8. The monoisotopic (exact) mass is 211 g/mol. The van der Waals surface area contributed by atoms with Gasteiger partial charge >= 0.3 is 0 Å². The summed E-state index contributed by atoms with van der Waals surface area (Å²) in [4.78, 5) is 0. The van der Waals surface area contributed by atoms with Crippen molar-refractivity contribution in [1.82, 2.24) is 5.32 Å². The van der Waals surface area contributed by atoms with Crippen LogP contribution in [0.5, 0.6) is 0 Å². The van der Waals surface area contributed by atoms with Crippen LogP contribution < -0.4 is 5.32 Å². The molecule has 0 aliphatic heterocycles. The Kier molecular flexibility index (Phi) is 6.69. The zero-order chi connectivity index (χ0) is 10.9. The minimum atomic E-state index is 0.810. The van der Waals surface area contributed by atoms with Gasteiger partial charge in [0.05, 0.1) is 6.61 Å². The van der Waals surface area contributed by atoms with Crippen LogP contribution in [0.3, 0.4) is 0 Å². The van der Waals surface area contributed by atoms with Crippen molar-refractivity contribution in [3.8, 4) is 0 Å². The molecule has 0 spiro atoms. The van der Waals surface area contributed by atoms with Gasteiger partial charge in [0.15, 0.2) is 0 Å². The Morgan fingerprint density at radius 3 is 2.80 bits per heavy atom. The molecular weight excluding hydrogens is 186 g/mol. The van der Waals surface area contributed by atoms with Gasteiger partial charge in [-0.1, -0.05) is 30.9 Å². The molecule has 0 radical (unpaired) electrons. The van der Waals surface area contributed by atoms with Crippen molar-refractivity contribution in [1.29, 1.82) is 0 Å². The Balaban J connectivity index is 1.93. The summed E-state index contributed by atoms with van der Waals surface area (Å²) in [5.41, 5.74) is 1.58. The third-order valence-corrected chi connectivity index (χ3v) is 3.13. The molecule has 2 heteroatoms. The van der Waals surface area contributed by atoms with Crippen molar-refractivity contribution in [2.75, 3.05) is 26.8 Å². The van der Waals surface area contributed by atoms with Crippen LogP contribution >= 0.6 is 0 Å². The first kappa shape index (κ1) is 12.7. The molecule has 1 N–H and O–H groups in total. The molecule has 0 bridgehead atoms. The first-order valence-electron chi connectivity index (χ1n) is 6.18. The summed E-state index contributed by atoms with van der Waals surface area (Å²) in [5.74, 6) is 1.00. The van der Waals surface area contributed by atoms with Gasteiger partial charge in [-0.05, 0) is 32.2 Å². The maximum atomic E-state index is 4.97. The SMILES string of the molecule is COCCNCCC=C(C)CC1CCC1. The molecule has 0 amide bonds. The molecule has 0 heterocycles. The molecule has 0 aromatic heterocycles. The Hall–Kier alpha value is -0.340. The normalized spacial score (nSPS) is 17.9. The highest BCUT2D eigenvalue weighted by atomic mass is 16.5. The molecular formula is C13H25NO. The standard InChI is InChI=1S/C13H25NO/c1-12(11-13-6-3-7-13)5-4-8-14-9-10-15-2/h5,13-14H,3-4,6-11H2,1-2H3. The van der Waals surface area contributed by atoms with Gasteiger partial charge in [0.1, 0.15) is 0 Å². The van der Waals surface area contributed by atoms with Gasteiger partial charge in [0.25, 0.3) is 0 Å². The van der Waals surface area contributed by atoms with E-state index in [1.807, 2.05) is 0 Å². The van der Waals surface area contributed by atoms with E-state index in [0.29, 0.717) is 0 Å². The molecule has 1 rings (SSSR count). The van der Waals surface area contributed by atoms with Crippen LogP contribution in [-0.4, -0.2) is 26.8 Å². The highest BCUT2D eigenvalue weighted by molar-refractivity contribution is 5.00. The van der Waals surface area contributed by atoms with Crippen molar-refractivity contribution in [3.05, 3.63) is 11.6 Å². The number of hydrogen-bond acceptors (Lipinski definition) is 2. The van der Waals surface area contributed by atoms with Crippen LogP contribution in [-0.2, 0) is 4.74 Å². The summed E-state index contributed by atoms with van der Waals surface area (Å²) in [5, 5.41) is 3.35. The van der Waals surface area contributed by atoms with Gasteiger partial charge in [0.2, 0.25) is 0 Å². The Morgan fingerprint density at radius 2 is 2.20 bits per heavy atom. The largest absolute Gasteiger partial charge is 0.383 e. The van der Waals surface area contributed by atoms with Gasteiger partial charge in [0, 0.05) is 13.7 Å². The van der Waals surface area contributed by atoms with E-state index >= 15 is 0 Å². The van der Waals surface area contributed by atoms with Crippen LogP contribution in [0.1, 0.15) is 39.0 Å². The predicted octanol–water partition coefficient (Wildman–Crippen LogP) is 2.75. The second-order valence-electron chi connectivity index (χ2n) is 4.58. The first-order valence-corrected chi connectivity index (χ1v) is 6.18. The molecule has 88 valence electrons. The first-order chi connectivity index (χ1) is 7.33. The number of nitrogens with one attached hydrogen (secondary N) is 1. The van der Waals surface area contributed by atoms with E-state index in [4.69, 9.17) is 4.74 Å². The molecule has 2 nitrogen and oxygen atoms in total. The van der Waals surface area contributed by atoms with Crippen molar-refractivity contribution in [2.24, 2.45) is 5.92 Å². The quantitative estimate of drug-likeness (QED) is 0.492. The number of methoxy groups -OCH3 is 1. The summed E-state index contributed by atoms with van der Waals surface area (Å²) >= 11 is 0. The Bertz CT molecular complexity index is 185. The molecule has 0 aromatic carbocycles. The van der Waals surface area contributed by atoms with Gasteiger partial charge < -0.3 is 10.1 Å². The van der Waals surface area contributed by atoms with Gasteiger partial charge in [-0.3, -0.25) is 0 Å². The van der Waals surface area contributed by atoms with Gasteiger partial charge in [-0.25, -0.2) is 0 Å². The van der Waals surface area contributed by atoms with Crippen LogP contribution in [0.25, 0.3) is 0 Å². The second-order valence-corrected chi connectivity index (χ2v) is 4.58. The van der Waals surface area contributed by atoms with Crippen LogP contribution in [0.2, 0.25) is 0 Å². The van der Waals surface area contributed by atoms with Crippen LogP contribution in [0, 0.1) is 5.92 Å². The molecule has 0 saturated heterocycles. The maximum Gasteiger partial charge on any atom is 0.0587 e. The van der Waals surface area contributed by atoms with Crippen molar-refractivity contribution in [2.45, 2.75) is 39.0 Å². The highest BCUT2D eigenvalue weighted by Crippen LogP contribution is 2.31. The van der Waals surface area contributed by atoms with E-state index in [9.17, 15) is 0 Å². The summed E-state index contributed by atoms with van der Waals surface area (Å²) < 4.78 is 4.97. The summed E-state index contributed by atoms with van der Waals surface area (Å²) in [7, 11) is 1.74. The van der Waals surface area contributed by atoms with E-state index in [-0.39, 0.29) is 0 Å². The summed E-state index contributed by atoms with van der Waals surface area (Å²) in [6.07, 6.45) is 9.24. The Labute approximate surface area is 94.1 Å². The van der Waals surface area contributed by atoms with E-state index in [2.05, 4.69) is 18.3 Å². The lowest BCUT2D eigenvalue weighted by Gasteiger charge is -2.25. The molecule has 0 aromatic rings. The smallest absolute Gasteiger partial charge is 0.0587 e. The molecule has 1 aliphatic rings. The van der Waals surface area contributed by atoms with Crippen molar-refractivity contribution in [3.63, 3.8) is 0 Å². The van der Waals surface area contributed by atoms with E-state index in [1.54, 1.807) is 12.7 Å². The minimum Gasteiger partial charge on any atom is -0.383 e. The summed E-state index contributed by atoms with van der Waals surface area (Å²) in [6.45, 7) is 5.12. The number of allylic oxidation sites excluding steroid dienone is 1. The fourth-order valence-corrected chi connectivity index (χ4v) is 1.96. The molecule has 1 fully saturated rings. The van der Waals surface area contributed by atoms with Gasteiger partial charge in [-0.2, -0.15) is 0 Å². The highest BCUT2D eigenvalue weighted by Gasteiger charge is 2.16. The molecule has 0 unspecified atom stereocenters. The summed E-state index contributed by atoms with van der Waals surface area (Å²) in [6, 6.07) is 0. The van der Waals surface area contributed by atoms with E-state index in [1.165, 1.54) is 25.7 Å². The van der Waals surface area contributed by atoms with Crippen LogP contribution in [0.15, 0.2) is 11.6 Å². The van der Waals surface area contributed by atoms with Crippen LogP contribution in [0.4, 0.5) is 0 Å². The van der Waals surface area contributed by atoms with Gasteiger partial charge in [-0.15, -0.1) is 0 Å². The van der Waals surface area contributed by atoms with Crippen molar-refractivity contribution < 1.29 is 4.74 Å². The molecule has 1 saturated carbocycles. The zero-order valence-corrected chi connectivity index (χ0v) is 10.2.